The first-order valence-electron chi connectivity index (χ1n) is 4.33. The molecule has 76 valence electrons. The largest absolute Gasteiger partial charge is 0.493 e. The van der Waals surface area contributed by atoms with Crippen molar-refractivity contribution in [2.45, 2.75) is 13.8 Å². The van der Waals surface area contributed by atoms with Crippen molar-refractivity contribution in [3.63, 3.8) is 0 Å². The van der Waals surface area contributed by atoms with Crippen LogP contribution in [-0.4, -0.2) is 20.5 Å². The number of ether oxygens (including phenoxy) is 2. The molecule has 0 unspecified atom stereocenters. The summed E-state index contributed by atoms with van der Waals surface area (Å²) >= 11 is 0. The van der Waals surface area contributed by atoms with Crippen molar-refractivity contribution in [1.82, 2.24) is 0 Å². The first-order chi connectivity index (χ1) is 6.65. The summed E-state index contributed by atoms with van der Waals surface area (Å²) in [4.78, 5) is 10.8. The fourth-order valence-corrected chi connectivity index (χ4v) is 1.53. The number of hydrogen-bond acceptors (Lipinski definition) is 3. The molecule has 1 rings (SSSR count). The number of carbonyl (C=O) groups is 1. The predicted molar refractivity (Wildman–Crippen MR) is 54.4 cm³/mol. The first-order valence-corrected chi connectivity index (χ1v) is 4.33. The number of aryl methyl sites for hydroxylation is 1. The molecule has 14 heavy (non-hydrogen) atoms. The third-order valence-corrected chi connectivity index (χ3v) is 2.28. The van der Waals surface area contributed by atoms with Crippen LogP contribution in [0.3, 0.4) is 0 Å². The highest BCUT2D eigenvalue weighted by molar-refractivity contribution is 5.82. The molecule has 0 fully saturated rings. The van der Waals surface area contributed by atoms with Gasteiger partial charge in [-0.25, -0.2) is 0 Å². The van der Waals surface area contributed by atoms with E-state index in [1.54, 1.807) is 20.3 Å². The molecule has 0 aliphatic heterocycles. The number of rotatable bonds is 3. The molecule has 0 aliphatic rings. The summed E-state index contributed by atoms with van der Waals surface area (Å²) in [6.45, 7) is 3.72. The van der Waals surface area contributed by atoms with E-state index in [9.17, 15) is 4.79 Å². The second-order valence-electron chi connectivity index (χ2n) is 3.09. The van der Waals surface area contributed by atoms with E-state index in [1.807, 2.05) is 13.8 Å². The molecule has 1 aromatic carbocycles. The van der Waals surface area contributed by atoms with E-state index in [2.05, 4.69) is 0 Å². The summed E-state index contributed by atoms with van der Waals surface area (Å²) in [7, 11) is 3.14. The summed E-state index contributed by atoms with van der Waals surface area (Å²) in [5, 5.41) is 0. The Hall–Kier alpha value is -1.51. The molecule has 3 heteroatoms. The number of aldehydes is 1. The average Bonchev–Trinajstić information content (AvgIpc) is 2.17. The highest BCUT2D eigenvalue weighted by Gasteiger charge is 2.13. The van der Waals surface area contributed by atoms with E-state index in [0.717, 1.165) is 17.4 Å². The van der Waals surface area contributed by atoms with Gasteiger partial charge in [-0.05, 0) is 25.5 Å². The molecule has 0 amide bonds. The molecule has 0 aromatic heterocycles. The molecule has 1 aromatic rings. The van der Waals surface area contributed by atoms with Gasteiger partial charge in [-0.15, -0.1) is 0 Å². The van der Waals surface area contributed by atoms with Crippen LogP contribution in [0.25, 0.3) is 0 Å². The monoisotopic (exact) mass is 194 g/mol. The Morgan fingerprint density at radius 1 is 1.21 bits per heavy atom. The number of carbonyl (C=O) groups excluding carboxylic acids is 1. The van der Waals surface area contributed by atoms with Crippen LogP contribution < -0.4 is 9.47 Å². The minimum atomic E-state index is 0.625. The Morgan fingerprint density at radius 2 is 1.86 bits per heavy atom. The van der Waals surface area contributed by atoms with Gasteiger partial charge in [-0.1, -0.05) is 0 Å². The van der Waals surface area contributed by atoms with Crippen LogP contribution in [-0.2, 0) is 0 Å². The normalized spacial score (nSPS) is 9.71. The van der Waals surface area contributed by atoms with Crippen LogP contribution in [0.15, 0.2) is 6.07 Å². The van der Waals surface area contributed by atoms with Crippen LogP contribution in [0.2, 0.25) is 0 Å². The maximum absolute atomic E-state index is 10.8. The lowest BCUT2D eigenvalue weighted by Gasteiger charge is -2.13. The van der Waals surface area contributed by atoms with E-state index < -0.39 is 0 Å². The topological polar surface area (TPSA) is 35.5 Å². The highest BCUT2D eigenvalue weighted by Crippen LogP contribution is 2.34. The maximum Gasteiger partial charge on any atom is 0.164 e. The van der Waals surface area contributed by atoms with E-state index in [0.29, 0.717) is 17.1 Å². The van der Waals surface area contributed by atoms with Crippen LogP contribution in [0, 0.1) is 13.8 Å². The van der Waals surface area contributed by atoms with Crippen molar-refractivity contribution in [3.05, 3.63) is 22.8 Å². The van der Waals surface area contributed by atoms with Crippen LogP contribution >= 0.6 is 0 Å². The second kappa shape index (κ2) is 4.13. The quantitative estimate of drug-likeness (QED) is 0.691. The van der Waals surface area contributed by atoms with Gasteiger partial charge >= 0.3 is 0 Å². The van der Waals surface area contributed by atoms with Gasteiger partial charge < -0.3 is 9.47 Å². The summed E-state index contributed by atoms with van der Waals surface area (Å²) < 4.78 is 10.3. The zero-order valence-corrected chi connectivity index (χ0v) is 8.88. The van der Waals surface area contributed by atoms with Crippen molar-refractivity contribution < 1.29 is 14.3 Å². The molecule has 0 radical (unpaired) electrons. The SMILES string of the molecule is COc1cc(C)c(C=O)c(C)c1OC. The van der Waals surface area contributed by atoms with E-state index in [1.165, 1.54) is 0 Å². The van der Waals surface area contributed by atoms with Gasteiger partial charge in [-0.2, -0.15) is 0 Å². The highest BCUT2D eigenvalue weighted by atomic mass is 16.5. The Kier molecular flexibility index (Phi) is 3.12. The van der Waals surface area contributed by atoms with E-state index >= 15 is 0 Å². The Morgan fingerprint density at radius 3 is 2.29 bits per heavy atom. The van der Waals surface area contributed by atoms with Crippen molar-refractivity contribution >= 4 is 6.29 Å². The summed E-state index contributed by atoms with van der Waals surface area (Å²) in [6.07, 6.45) is 0.840. The third kappa shape index (κ3) is 1.58. The lowest BCUT2D eigenvalue weighted by atomic mass is 10.0. The molecular weight excluding hydrogens is 180 g/mol. The predicted octanol–water partition coefficient (Wildman–Crippen LogP) is 2.13. The van der Waals surface area contributed by atoms with Gasteiger partial charge in [0.1, 0.15) is 0 Å². The second-order valence-corrected chi connectivity index (χ2v) is 3.09. The minimum absolute atomic E-state index is 0.625. The summed E-state index contributed by atoms with van der Waals surface area (Å²) in [5.41, 5.74) is 2.39. The fourth-order valence-electron chi connectivity index (χ4n) is 1.53. The van der Waals surface area contributed by atoms with Gasteiger partial charge in [0.15, 0.2) is 17.8 Å². The van der Waals surface area contributed by atoms with E-state index in [4.69, 9.17) is 9.47 Å². The standard InChI is InChI=1S/C11H14O3/c1-7-5-10(13-3)11(14-4)8(2)9(7)6-12/h5-6H,1-4H3. The molecular formula is C11H14O3. The zero-order valence-electron chi connectivity index (χ0n) is 8.88. The number of benzene rings is 1. The van der Waals surface area contributed by atoms with Gasteiger partial charge in [0, 0.05) is 11.1 Å². The fraction of sp³-hybridized carbons (Fsp3) is 0.364. The Labute approximate surface area is 83.6 Å². The van der Waals surface area contributed by atoms with Crippen molar-refractivity contribution in [1.29, 1.82) is 0 Å². The minimum Gasteiger partial charge on any atom is -0.493 e. The van der Waals surface area contributed by atoms with Crippen LogP contribution in [0.1, 0.15) is 21.5 Å². The Bertz CT molecular complexity index is 356. The molecule has 0 bridgehead atoms. The third-order valence-electron chi connectivity index (χ3n) is 2.28. The molecule has 0 heterocycles. The molecule has 0 aliphatic carbocycles. The lowest BCUT2D eigenvalue weighted by Crippen LogP contribution is -1.99. The Balaban J connectivity index is 3.46. The van der Waals surface area contributed by atoms with Crippen molar-refractivity contribution in [3.8, 4) is 11.5 Å². The average molecular weight is 194 g/mol. The van der Waals surface area contributed by atoms with Crippen molar-refractivity contribution in [2.24, 2.45) is 0 Å². The van der Waals surface area contributed by atoms with Gasteiger partial charge in [-0.3, -0.25) is 4.79 Å². The molecule has 0 saturated carbocycles. The molecule has 0 atom stereocenters. The van der Waals surface area contributed by atoms with Gasteiger partial charge in [0.25, 0.3) is 0 Å². The smallest absolute Gasteiger partial charge is 0.164 e. The number of methoxy groups -OCH3 is 2. The van der Waals surface area contributed by atoms with Crippen LogP contribution in [0.4, 0.5) is 0 Å². The summed E-state index contributed by atoms with van der Waals surface area (Å²) in [6, 6.07) is 1.80. The zero-order chi connectivity index (χ0) is 10.7. The van der Waals surface area contributed by atoms with Gasteiger partial charge in [0.05, 0.1) is 14.2 Å². The molecule has 0 N–H and O–H groups in total. The molecule has 0 spiro atoms. The summed E-state index contributed by atoms with van der Waals surface area (Å²) in [5.74, 6) is 1.29. The first kappa shape index (κ1) is 10.6. The van der Waals surface area contributed by atoms with Crippen molar-refractivity contribution in [2.75, 3.05) is 14.2 Å². The lowest BCUT2D eigenvalue weighted by molar-refractivity contribution is 0.112. The maximum atomic E-state index is 10.8. The molecule has 3 nitrogen and oxygen atoms in total. The van der Waals surface area contributed by atoms with Crippen LogP contribution in [0.5, 0.6) is 11.5 Å². The number of hydrogen-bond donors (Lipinski definition) is 0. The van der Waals surface area contributed by atoms with Gasteiger partial charge in [0.2, 0.25) is 0 Å². The molecule has 0 saturated heterocycles. The van der Waals surface area contributed by atoms with E-state index in [-0.39, 0.29) is 0 Å².